The molecule has 2 N–H and O–H groups in total. The lowest BCUT2D eigenvalue weighted by atomic mass is 9.95. The molecule has 0 radical (unpaired) electrons. The van der Waals surface area contributed by atoms with Crippen LogP contribution in [0.15, 0.2) is 30.6 Å². The number of nitrogens with one attached hydrogen (secondary N) is 2. The highest BCUT2D eigenvalue weighted by Gasteiger charge is 2.18. The van der Waals surface area contributed by atoms with Crippen molar-refractivity contribution in [1.29, 1.82) is 0 Å². The minimum Gasteiger partial charge on any atom is -0.494 e. The van der Waals surface area contributed by atoms with Crippen molar-refractivity contribution in [3.63, 3.8) is 0 Å². The van der Waals surface area contributed by atoms with Crippen molar-refractivity contribution in [2.24, 2.45) is 7.05 Å². The SMILES string of the molecule is Cn1cnc2c(NC3CCCCC3)nc(Nc3ccc(OCCCCCCC(=O)COC4CCCCO4)cc3)nc21. The molecule has 3 aromatic rings. The molecule has 1 saturated heterocycles. The van der Waals surface area contributed by atoms with Gasteiger partial charge in [-0.2, -0.15) is 9.97 Å². The molecule has 2 aromatic heterocycles. The lowest BCUT2D eigenvalue weighted by Gasteiger charge is -2.23. The first-order valence-corrected chi connectivity index (χ1v) is 15.3. The van der Waals surface area contributed by atoms with Crippen molar-refractivity contribution < 1.29 is 19.0 Å². The maximum Gasteiger partial charge on any atom is 0.231 e. The number of hydrogen-bond donors (Lipinski definition) is 2. The van der Waals surface area contributed by atoms with Crippen LogP contribution >= 0.6 is 0 Å². The number of aromatic nitrogens is 4. The number of fused-ring (bicyclic) bond motifs is 1. The van der Waals surface area contributed by atoms with Gasteiger partial charge in [0, 0.05) is 31.8 Å². The van der Waals surface area contributed by atoms with Crippen LogP contribution in [0.25, 0.3) is 11.2 Å². The zero-order chi connectivity index (χ0) is 28.3. The van der Waals surface area contributed by atoms with Gasteiger partial charge in [-0.1, -0.05) is 32.1 Å². The molecule has 1 atom stereocenters. The Balaban J connectivity index is 1.01. The quantitative estimate of drug-likeness (QED) is 0.206. The molecule has 0 amide bonds. The van der Waals surface area contributed by atoms with Crippen molar-refractivity contribution in [1.82, 2.24) is 19.5 Å². The molecule has 1 aliphatic carbocycles. The van der Waals surface area contributed by atoms with Gasteiger partial charge in [-0.25, -0.2) is 4.98 Å². The predicted octanol–water partition coefficient (Wildman–Crippen LogP) is 6.29. The fourth-order valence-corrected chi connectivity index (χ4v) is 5.44. The Labute approximate surface area is 242 Å². The number of Topliss-reactive ketones (excluding diaryl/α,β-unsaturated/α-hetero) is 1. The third-order valence-corrected chi connectivity index (χ3v) is 7.80. The second-order valence-electron chi connectivity index (χ2n) is 11.2. The molecule has 1 aromatic carbocycles. The molecule has 1 saturated carbocycles. The van der Waals surface area contributed by atoms with Crippen molar-refractivity contribution in [3.05, 3.63) is 30.6 Å². The van der Waals surface area contributed by atoms with Crippen molar-refractivity contribution in [2.45, 2.75) is 95.8 Å². The smallest absolute Gasteiger partial charge is 0.231 e. The van der Waals surface area contributed by atoms with Crippen molar-refractivity contribution >= 4 is 34.4 Å². The number of carbonyl (C=O) groups excluding carboxylic acids is 1. The van der Waals surface area contributed by atoms with Crippen LogP contribution in [0.5, 0.6) is 5.75 Å². The van der Waals surface area contributed by atoms with E-state index in [-0.39, 0.29) is 18.7 Å². The Bertz CT molecular complexity index is 1240. The van der Waals surface area contributed by atoms with E-state index in [1.54, 1.807) is 6.33 Å². The maximum atomic E-state index is 12.0. The van der Waals surface area contributed by atoms with Crippen LogP contribution in [-0.2, 0) is 21.3 Å². The average Bonchev–Trinajstić information content (AvgIpc) is 3.38. The van der Waals surface area contributed by atoms with E-state index in [4.69, 9.17) is 24.2 Å². The Morgan fingerprint density at radius 2 is 1.80 bits per heavy atom. The third kappa shape index (κ3) is 8.87. The molecule has 2 aliphatic rings. The zero-order valence-electron chi connectivity index (χ0n) is 24.3. The summed E-state index contributed by atoms with van der Waals surface area (Å²) in [5.41, 5.74) is 2.50. The highest BCUT2D eigenvalue weighted by molar-refractivity contribution is 5.84. The molecule has 10 nitrogen and oxygen atoms in total. The highest BCUT2D eigenvalue weighted by atomic mass is 16.7. The molecule has 222 valence electrons. The Hall–Kier alpha value is -3.24. The first-order chi connectivity index (χ1) is 20.1. The van der Waals surface area contributed by atoms with Crippen LogP contribution in [-0.4, -0.2) is 57.5 Å². The highest BCUT2D eigenvalue weighted by Crippen LogP contribution is 2.27. The second kappa shape index (κ2) is 15.1. The number of aryl methyl sites for hydroxylation is 1. The molecule has 0 spiro atoms. The van der Waals surface area contributed by atoms with Crippen LogP contribution in [0.4, 0.5) is 17.5 Å². The van der Waals surface area contributed by atoms with Crippen LogP contribution < -0.4 is 15.4 Å². The fourth-order valence-electron chi connectivity index (χ4n) is 5.44. The molecule has 0 bridgehead atoms. The number of nitrogens with zero attached hydrogens (tertiary/aromatic N) is 4. The van der Waals surface area contributed by atoms with Crippen molar-refractivity contribution in [3.8, 4) is 5.75 Å². The van der Waals surface area contributed by atoms with Gasteiger partial charge in [0.2, 0.25) is 5.95 Å². The minimum absolute atomic E-state index is 0.159. The monoisotopic (exact) mass is 564 g/mol. The lowest BCUT2D eigenvalue weighted by molar-refractivity contribution is -0.169. The van der Waals surface area contributed by atoms with Crippen molar-refractivity contribution in [2.75, 3.05) is 30.5 Å². The second-order valence-corrected chi connectivity index (χ2v) is 11.2. The van der Waals surface area contributed by atoms with Gasteiger partial charge in [0.25, 0.3) is 0 Å². The number of ketones is 1. The van der Waals surface area contributed by atoms with E-state index in [1.807, 2.05) is 35.9 Å². The normalized spacial score (nSPS) is 17.9. The molecule has 41 heavy (non-hydrogen) atoms. The molecule has 1 aliphatic heterocycles. The largest absolute Gasteiger partial charge is 0.494 e. The van der Waals surface area contributed by atoms with E-state index < -0.39 is 0 Å². The Morgan fingerprint density at radius 3 is 2.61 bits per heavy atom. The summed E-state index contributed by atoms with van der Waals surface area (Å²) in [5.74, 6) is 2.32. The predicted molar refractivity (Wildman–Crippen MR) is 160 cm³/mol. The molecular weight excluding hydrogens is 520 g/mol. The van der Waals surface area contributed by atoms with Crippen LogP contribution in [0.2, 0.25) is 0 Å². The number of unbranched alkanes of at least 4 members (excludes halogenated alkanes) is 3. The van der Waals surface area contributed by atoms with Crippen LogP contribution in [0.3, 0.4) is 0 Å². The van der Waals surface area contributed by atoms with Crippen LogP contribution in [0, 0.1) is 0 Å². The summed E-state index contributed by atoms with van der Waals surface area (Å²) in [4.78, 5) is 26.1. The number of rotatable bonds is 15. The molecular formula is C31H44N6O4. The maximum absolute atomic E-state index is 12.0. The number of ether oxygens (including phenoxy) is 3. The summed E-state index contributed by atoms with van der Waals surface area (Å²) in [6, 6.07) is 8.30. The molecule has 3 heterocycles. The van der Waals surface area contributed by atoms with E-state index in [1.165, 1.54) is 19.3 Å². The summed E-state index contributed by atoms with van der Waals surface area (Å²) in [5, 5.41) is 6.97. The summed E-state index contributed by atoms with van der Waals surface area (Å²) in [6.45, 7) is 1.56. The van der Waals surface area contributed by atoms with Gasteiger partial charge >= 0.3 is 0 Å². The molecule has 2 fully saturated rings. The van der Waals surface area contributed by atoms with E-state index in [2.05, 4.69) is 15.6 Å². The van der Waals surface area contributed by atoms with Gasteiger partial charge in [-0.3, -0.25) is 4.79 Å². The lowest BCUT2D eigenvalue weighted by Crippen LogP contribution is -2.25. The third-order valence-electron chi connectivity index (χ3n) is 7.80. The van der Waals surface area contributed by atoms with Gasteiger partial charge in [0.15, 0.2) is 29.1 Å². The Kier molecular flexibility index (Phi) is 10.8. The van der Waals surface area contributed by atoms with E-state index in [0.29, 0.717) is 25.0 Å². The first-order valence-electron chi connectivity index (χ1n) is 15.3. The topological polar surface area (TPSA) is 112 Å². The fraction of sp³-hybridized carbons (Fsp3) is 0.613. The van der Waals surface area contributed by atoms with Gasteiger partial charge in [-0.15, -0.1) is 0 Å². The average molecular weight is 565 g/mol. The summed E-state index contributed by atoms with van der Waals surface area (Å²) in [6.07, 6.45) is 15.3. The Morgan fingerprint density at radius 1 is 1.00 bits per heavy atom. The minimum atomic E-state index is -0.194. The van der Waals surface area contributed by atoms with Gasteiger partial charge in [-0.05, 0) is 69.2 Å². The van der Waals surface area contributed by atoms with Gasteiger partial charge in [0.05, 0.1) is 12.9 Å². The summed E-state index contributed by atoms with van der Waals surface area (Å²) in [7, 11) is 1.95. The standard InChI is InChI=1S/C31H44N6O4/c1-37-22-32-28-29(33-23-11-5-4-6-12-23)35-31(36-30(28)37)34-24-15-17-26(18-16-24)39-19-9-3-2-7-13-25(38)21-41-27-14-8-10-20-40-27/h15-18,22-23,27H,2-14,19-21H2,1H3,(H2,33,34,35,36). The number of carbonyl (C=O) groups is 1. The van der Waals surface area contributed by atoms with E-state index in [9.17, 15) is 4.79 Å². The van der Waals surface area contributed by atoms with E-state index >= 15 is 0 Å². The molecule has 1 unspecified atom stereocenters. The number of benzene rings is 1. The number of hydrogen-bond acceptors (Lipinski definition) is 9. The summed E-state index contributed by atoms with van der Waals surface area (Å²) < 4.78 is 18.9. The van der Waals surface area contributed by atoms with Crippen LogP contribution in [0.1, 0.15) is 83.5 Å². The zero-order valence-corrected chi connectivity index (χ0v) is 24.3. The molecule has 10 heteroatoms. The molecule has 5 rings (SSSR count). The van der Waals surface area contributed by atoms with Gasteiger partial charge in [0.1, 0.15) is 12.4 Å². The van der Waals surface area contributed by atoms with Gasteiger partial charge < -0.3 is 29.4 Å². The number of imidazole rings is 1. The number of anilines is 3. The van der Waals surface area contributed by atoms with E-state index in [0.717, 1.165) is 92.8 Å². The first kappa shape index (κ1) is 29.3. The summed E-state index contributed by atoms with van der Waals surface area (Å²) >= 11 is 0.